The maximum absolute atomic E-state index is 5.96. The Balaban J connectivity index is 1.48. The van der Waals surface area contributed by atoms with Crippen molar-refractivity contribution in [1.29, 1.82) is 0 Å². The molecule has 6 nitrogen and oxygen atoms in total. The molecule has 1 saturated carbocycles. The first-order valence-electron chi connectivity index (χ1n) is 11.0. The number of ether oxygens (including phenoxy) is 2. The van der Waals surface area contributed by atoms with Gasteiger partial charge in [0.2, 0.25) is 0 Å². The molecular formula is C22H36N4O2S. The highest BCUT2D eigenvalue weighted by molar-refractivity contribution is 7.12. The van der Waals surface area contributed by atoms with Gasteiger partial charge in [0.15, 0.2) is 5.96 Å². The van der Waals surface area contributed by atoms with E-state index in [-0.39, 0.29) is 5.41 Å². The van der Waals surface area contributed by atoms with Crippen molar-refractivity contribution in [1.82, 2.24) is 15.5 Å². The zero-order valence-corrected chi connectivity index (χ0v) is 19.1. The van der Waals surface area contributed by atoms with E-state index in [9.17, 15) is 0 Å². The number of hydrogen-bond donors (Lipinski definition) is 2. The Bertz CT molecular complexity index is 713. The van der Waals surface area contributed by atoms with E-state index in [4.69, 9.17) is 14.5 Å². The summed E-state index contributed by atoms with van der Waals surface area (Å²) in [6.07, 6.45) is 1.54. The highest BCUT2D eigenvalue weighted by atomic mass is 32.1. The summed E-state index contributed by atoms with van der Waals surface area (Å²) in [5, 5.41) is 7.22. The lowest BCUT2D eigenvalue weighted by Crippen LogP contribution is -2.68. The molecular weight excluding hydrogens is 384 g/mol. The maximum Gasteiger partial charge on any atom is 0.191 e. The second kappa shape index (κ2) is 8.92. The molecule has 1 aliphatic carbocycles. The second-order valence-corrected chi connectivity index (χ2v) is 10.3. The zero-order valence-electron chi connectivity index (χ0n) is 18.2. The van der Waals surface area contributed by atoms with Gasteiger partial charge in [-0.1, -0.05) is 13.8 Å². The van der Waals surface area contributed by atoms with Crippen LogP contribution in [0.5, 0.6) is 0 Å². The van der Waals surface area contributed by atoms with Crippen LogP contribution in [0.1, 0.15) is 43.0 Å². The molecule has 2 N–H and O–H groups in total. The topological polar surface area (TPSA) is 58.1 Å². The van der Waals surface area contributed by atoms with Crippen molar-refractivity contribution >= 4 is 17.3 Å². The fraction of sp³-hybridized carbons (Fsp3) is 0.773. The molecule has 2 aliphatic heterocycles. The predicted molar refractivity (Wildman–Crippen MR) is 119 cm³/mol. The number of rotatable bonds is 6. The summed E-state index contributed by atoms with van der Waals surface area (Å²) in [4.78, 5) is 10.3. The van der Waals surface area contributed by atoms with Gasteiger partial charge in [-0.15, -0.1) is 11.3 Å². The van der Waals surface area contributed by atoms with E-state index < -0.39 is 0 Å². The van der Waals surface area contributed by atoms with E-state index in [0.29, 0.717) is 24.1 Å². The Hall–Kier alpha value is -1.15. The molecule has 3 fully saturated rings. The Morgan fingerprint density at radius 3 is 2.79 bits per heavy atom. The van der Waals surface area contributed by atoms with Gasteiger partial charge >= 0.3 is 0 Å². The van der Waals surface area contributed by atoms with Crippen LogP contribution in [-0.2, 0) is 9.47 Å². The number of fused-ring (bicyclic) bond motifs is 1. The highest BCUT2D eigenvalue weighted by Crippen LogP contribution is 2.52. The molecule has 162 valence electrons. The minimum atomic E-state index is 0.145. The lowest BCUT2D eigenvalue weighted by atomic mass is 9.57. The van der Waals surface area contributed by atoms with Gasteiger partial charge < -0.3 is 20.1 Å². The van der Waals surface area contributed by atoms with E-state index in [1.54, 1.807) is 0 Å². The first-order valence-corrected chi connectivity index (χ1v) is 11.9. The SMILES string of the molecule is CCNC(=NCC(c1ccc(C)s1)N1CCOCC1)NC1C2CCOC2C1(C)C. The van der Waals surface area contributed by atoms with Crippen molar-refractivity contribution < 1.29 is 9.47 Å². The normalized spacial score (nSPS) is 30.5. The molecule has 3 heterocycles. The molecule has 0 aromatic carbocycles. The lowest BCUT2D eigenvalue weighted by molar-refractivity contribution is -0.106. The van der Waals surface area contributed by atoms with Crippen molar-refractivity contribution in [3.05, 3.63) is 21.9 Å². The zero-order chi connectivity index (χ0) is 20.4. The molecule has 4 rings (SSSR count). The molecule has 0 spiro atoms. The van der Waals surface area contributed by atoms with Gasteiger partial charge in [0.25, 0.3) is 0 Å². The first-order chi connectivity index (χ1) is 14.0. The summed E-state index contributed by atoms with van der Waals surface area (Å²) in [6, 6.07) is 5.21. The molecule has 0 amide bonds. The van der Waals surface area contributed by atoms with Crippen molar-refractivity contribution in [2.45, 2.75) is 52.3 Å². The Morgan fingerprint density at radius 1 is 1.31 bits per heavy atom. The molecule has 2 saturated heterocycles. The Labute approximate surface area is 179 Å². The predicted octanol–water partition coefficient (Wildman–Crippen LogP) is 2.80. The maximum atomic E-state index is 5.96. The van der Waals surface area contributed by atoms with Gasteiger partial charge in [0.05, 0.1) is 31.9 Å². The van der Waals surface area contributed by atoms with E-state index >= 15 is 0 Å². The molecule has 4 atom stereocenters. The number of aliphatic imine (C=N–C) groups is 1. The van der Waals surface area contributed by atoms with E-state index in [0.717, 1.165) is 58.4 Å². The van der Waals surface area contributed by atoms with Gasteiger partial charge in [0.1, 0.15) is 0 Å². The van der Waals surface area contributed by atoms with Crippen LogP contribution in [0.3, 0.4) is 0 Å². The Morgan fingerprint density at radius 2 is 2.10 bits per heavy atom. The summed E-state index contributed by atoms with van der Waals surface area (Å²) in [5.41, 5.74) is 0.145. The van der Waals surface area contributed by atoms with E-state index in [1.807, 2.05) is 11.3 Å². The molecule has 3 aliphatic rings. The largest absolute Gasteiger partial charge is 0.379 e. The summed E-state index contributed by atoms with van der Waals surface area (Å²) in [7, 11) is 0. The number of nitrogens with one attached hydrogen (secondary N) is 2. The summed E-state index contributed by atoms with van der Waals surface area (Å²) >= 11 is 1.89. The summed E-state index contributed by atoms with van der Waals surface area (Å²) in [5.74, 6) is 1.53. The van der Waals surface area contributed by atoms with E-state index in [1.165, 1.54) is 9.75 Å². The van der Waals surface area contributed by atoms with Crippen LogP contribution in [0.2, 0.25) is 0 Å². The fourth-order valence-corrected chi connectivity index (χ4v) is 6.17. The van der Waals surface area contributed by atoms with Gasteiger partial charge in [0, 0.05) is 53.4 Å². The third-order valence-electron chi connectivity index (χ3n) is 6.74. The quantitative estimate of drug-likeness (QED) is 0.547. The molecule has 1 aromatic rings. The number of morpholine rings is 1. The third kappa shape index (κ3) is 4.33. The number of aryl methyl sites for hydroxylation is 1. The summed E-state index contributed by atoms with van der Waals surface area (Å²) in [6.45, 7) is 15.0. The summed E-state index contributed by atoms with van der Waals surface area (Å²) < 4.78 is 11.5. The Kier molecular flexibility index (Phi) is 6.49. The van der Waals surface area contributed by atoms with Crippen LogP contribution < -0.4 is 10.6 Å². The minimum Gasteiger partial charge on any atom is -0.379 e. The molecule has 7 heteroatoms. The fourth-order valence-electron chi connectivity index (χ4n) is 5.17. The number of guanidine groups is 1. The van der Waals surface area contributed by atoms with Crippen molar-refractivity contribution in [3.63, 3.8) is 0 Å². The number of nitrogens with zero attached hydrogens (tertiary/aromatic N) is 2. The number of hydrogen-bond acceptors (Lipinski definition) is 5. The van der Waals surface area contributed by atoms with Crippen molar-refractivity contribution in [2.24, 2.45) is 16.3 Å². The smallest absolute Gasteiger partial charge is 0.191 e. The van der Waals surface area contributed by atoms with Crippen molar-refractivity contribution in [2.75, 3.05) is 46.0 Å². The van der Waals surface area contributed by atoms with Gasteiger partial charge in [-0.2, -0.15) is 0 Å². The molecule has 29 heavy (non-hydrogen) atoms. The van der Waals surface area contributed by atoms with Crippen LogP contribution in [0.25, 0.3) is 0 Å². The minimum absolute atomic E-state index is 0.145. The van der Waals surface area contributed by atoms with Crippen LogP contribution in [0.15, 0.2) is 17.1 Å². The van der Waals surface area contributed by atoms with Crippen LogP contribution >= 0.6 is 11.3 Å². The van der Waals surface area contributed by atoms with E-state index in [2.05, 4.69) is 55.4 Å². The van der Waals surface area contributed by atoms with Gasteiger partial charge in [-0.3, -0.25) is 9.89 Å². The lowest BCUT2D eigenvalue weighted by Gasteiger charge is -2.55. The monoisotopic (exact) mass is 420 g/mol. The molecule has 4 unspecified atom stereocenters. The van der Waals surface area contributed by atoms with Gasteiger partial charge in [-0.25, -0.2) is 0 Å². The standard InChI is InChI=1S/C22H36N4O2S/c1-5-23-21(25-19-16-8-11-28-20(16)22(19,3)4)24-14-17(18-7-6-15(2)29-18)26-9-12-27-13-10-26/h6-7,16-17,19-20H,5,8-14H2,1-4H3,(H2,23,24,25). The average Bonchev–Trinajstić information content (AvgIpc) is 3.35. The first kappa shape index (κ1) is 21.1. The van der Waals surface area contributed by atoms with Crippen LogP contribution in [0.4, 0.5) is 0 Å². The van der Waals surface area contributed by atoms with Crippen molar-refractivity contribution in [3.8, 4) is 0 Å². The van der Waals surface area contributed by atoms with Crippen LogP contribution in [-0.4, -0.2) is 69.0 Å². The third-order valence-corrected chi connectivity index (χ3v) is 7.84. The highest BCUT2D eigenvalue weighted by Gasteiger charge is 2.59. The molecule has 0 radical (unpaired) electrons. The average molecular weight is 421 g/mol. The number of thiophene rings is 1. The molecule has 1 aromatic heterocycles. The van der Waals surface area contributed by atoms with Crippen LogP contribution in [0, 0.1) is 18.3 Å². The second-order valence-electron chi connectivity index (χ2n) is 9.02. The molecule has 0 bridgehead atoms. The van der Waals surface area contributed by atoms with Gasteiger partial charge in [-0.05, 0) is 32.4 Å².